The number of rotatable bonds is 9. The third-order valence-electron chi connectivity index (χ3n) is 4.35. The summed E-state index contributed by atoms with van der Waals surface area (Å²) in [6.45, 7) is 3.37. The lowest BCUT2D eigenvalue weighted by Crippen LogP contribution is -2.11. The Hall–Kier alpha value is -3.15. The predicted octanol–water partition coefficient (Wildman–Crippen LogP) is 4.24. The van der Waals surface area contributed by atoms with Crippen molar-refractivity contribution in [1.29, 1.82) is 0 Å². The lowest BCUT2D eigenvalue weighted by Gasteiger charge is -2.10. The fraction of sp³-hybridized carbons (Fsp3) is 0.273. The molecule has 0 amide bonds. The summed E-state index contributed by atoms with van der Waals surface area (Å²) < 4.78 is 18.1. The summed E-state index contributed by atoms with van der Waals surface area (Å²) in [6.07, 6.45) is 1.68. The lowest BCUT2D eigenvalue weighted by atomic mass is 10.1. The van der Waals surface area contributed by atoms with Gasteiger partial charge in [-0.15, -0.1) is 0 Å². The average molecular weight is 380 g/mol. The first kappa shape index (κ1) is 19.6. The minimum atomic E-state index is -0.214. The highest BCUT2D eigenvalue weighted by Gasteiger charge is 2.03. The molecule has 5 nitrogen and oxygen atoms in total. The molecule has 0 saturated carbocycles. The van der Waals surface area contributed by atoms with E-state index in [1.165, 1.54) is 17.7 Å². The maximum absolute atomic E-state index is 13.0. The largest absolute Gasteiger partial charge is 0.497 e. The molecule has 0 bridgehead atoms. The van der Waals surface area contributed by atoms with E-state index in [-0.39, 0.29) is 5.82 Å². The smallest absolute Gasteiger partial charge is 0.131 e. The van der Waals surface area contributed by atoms with Crippen LogP contribution in [0.4, 0.5) is 16.0 Å². The van der Waals surface area contributed by atoms with Crippen LogP contribution in [0.2, 0.25) is 0 Å². The molecule has 0 aliphatic rings. The standard InChI is InChI=1S/C22H25FN4O/c1-16-26-21(24-13-11-17-3-7-19(23)8-4-17)15-22(27-16)25-14-12-18-5-9-20(28-2)10-6-18/h3-10,15H,11-14H2,1-2H3,(H2,24,25,26,27). The van der Waals surface area contributed by atoms with Gasteiger partial charge in [0.15, 0.2) is 0 Å². The normalized spacial score (nSPS) is 10.5. The molecular formula is C22H25FN4O. The van der Waals surface area contributed by atoms with Gasteiger partial charge in [-0.3, -0.25) is 0 Å². The van der Waals surface area contributed by atoms with Crippen LogP contribution < -0.4 is 15.4 Å². The van der Waals surface area contributed by atoms with Crippen molar-refractivity contribution in [1.82, 2.24) is 9.97 Å². The first-order chi connectivity index (χ1) is 13.6. The van der Waals surface area contributed by atoms with Gasteiger partial charge in [0, 0.05) is 19.2 Å². The Morgan fingerprint density at radius 1 is 0.821 bits per heavy atom. The van der Waals surface area contributed by atoms with Gasteiger partial charge >= 0.3 is 0 Å². The Labute approximate surface area is 165 Å². The minimum absolute atomic E-state index is 0.214. The number of nitrogens with one attached hydrogen (secondary N) is 2. The lowest BCUT2D eigenvalue weighted by molar-refractivity contribution is 0.414. The molecule has 0 unspecified atom stereocenters. The summed E-state index contributed by atoms with van der Waals surface area (Å²) in [6, 6.07) is 16.5. The second-order valence-corrected chi connectivity index (χ2v) is 6.51. The molecule has 0 aliphatic heterocycles. The molecule has 0 aliphatic carbocycles. The van der Waals surface area contributed by atoms with Gasteiger partial charge in [-0.2, -0.15) is 0 Å². The minimum Gasteiger partial charge on any atom is -0.497 e. The van der Waals surface area contributed by atoms with Crippen LogP contribution in [0.5, 0.6) is 5.75 Å². The van der Waals surface area contributed by atoms with Crippen molar-refractivity contribution in [2.24, 2.45) is 0 Å². The fourth-order valence-corrected chi connectivity index (χ4v) is 2.86. The zero-order valence-corrected chi connectivity index (χ0v) is 16.2. The topological polar surface area (TPSA) is 59.1 Å². The van der Waals surface area contributed by atoms with Gasteiger partial charge in [-0.05, 0) is 55.2 Å². The Morgan fingerprint density at radius 3 is 1.82 bits per heavy atom. The first-order valence-electron chi connectivity index (χ1n) is 9.33. The van der Waals surface area contributed by atoms with Crippen LogP contribution in [0.1, 0.15) is 17.0 Å². The zero-order valence-electron chi connectivity index (χ0n) is 16.2. The second kappa shape index (κ2) is 9.69. The maximum Gasteiger partial charge on any atom is 0.131 e. The fourth-order valence-electron chi connectivity index (χ4n) is 2.86. The van der Waals surface area contributed by atoms with Crippen LogP contribution in [-0.2, 0) is 12.8 Å². The maximum atomic E-state index is 13.0. The summed E-state index contributed by atoms with van der Waals surface area (Å²) in [4.78, 5) is 8.87. The van der Waals surface area contributed by atoms with E-state index >= 15 is 0 Å². The number of hydrogen-bond donors (Lipinski definition) is 2. The van der Waals surface area contributed by atoms with E-state index in [0.717, 1.165) is 42.3 Å². The van der Waals surface area contributed by atoms with Crippen LogP contribution in [0.15, 0.2) is 54.6 Å². The van der Waals surface area contributed by atoms with E-state index in [2.05, 4.69) is 32.7 Å². The Balaban J connectivity index is 1.49. The molecule has 0 radical (unpaired) electrons. The number of aromatic nitrogens is 2. The average Bonchev–Trinajstić information content (AvgIpc) is 2.70. The molecule has 0 atom stereocenters. The summed E-state index contributed by atoms with van der Waals surface area (Å²) in [5.74, 6) is 2.93. The highest BCUT2D eigenvalue weighted by Crippen LogP contribution is 2.14. The van der Waals surface area contributed by atoms with Crippen molar-refractivity contribution in [3.05, 3.63) is 77.4 Å². The molecule has 2 N–H and O–H groups in total. The third-order valence-corrected chi connectivity index (χ3v) is 4.35. The highest BCUT2D eigenvalue weighted by atomic mass is 19.1. The number of benzene rings is 2. The van der Waals surface area contributed by atoms with Crippen LogP contribution in [0.25, 0.3) is 0 Å². The molecule has 3 aromatic rings. The van der Waals surface area contributed by atoms with E-state index in [0.29, 0.717) is 12.4 Å². The molecule has 1 aromatic heterocycles. The zero-order chi connectivity index (χ0) is 19.8. The van der Waals surface area contributed by atoms with Gasteiger partial charge in [0.1, 0.15) is 29.0 Å². The Kier molecular flexibility index (Phi) is 6.78. The van der Waals surface area contributed by atoms with Gasteiger partial charge in [-0.25, -0.2) is 14.4 Å². The monoisotopic (exact) mass is 380 g/mol. The van der Waals surface area contributed by atoms with E-state index < -0.39 is 0 Å². The van der Waals surface area contributed by atoms with Crippen LogP contribution in [-0.4, -0.2) is 30.2 Å². The van der Waals surface area contributed by atoms with E-state index in [1.54, 1.807) is 19.2 Å². The molecule has 2 aromatic carbocycles. The van der Waals surface area contributed by atoms with Crippen LogP contribution >= 0.6 is 0 Å². The number of anilines is 2. The molecule has 1 heterocycles. The number of hydrogen-bond acceptors (Lipinski definition) is 5. The molecule has 0 spiro atoms. The van der Waals surface area contributed by atoms with Crippen molar-refractivity contribution >= 4 is 11.6 Å². The van der Waals surface area contributed by atoms with E-state index in [4.69, 9.17) is 4.74 Å². The van der Waals surface area contributed by atoms with Crippen LogP contribution in [0.3, 0.4) is 0 Å². The summed E-state index contributed by atoms with van der Waals surface area (Å²) in [5, 5.41) is 6.66. The molecule has 146 valence electrons. The highest BCUT2D eigenvalue weighted by molar-refractivity contribution is 5.47. The van der Waals surface area contributed by atoms with E-state index in [9.17, 15) is 4.39 Å². The van der Waals surface area contributed by atoms with Gasteiger partial charge in [-0.1, -0.05) is 24.3 Å². The van der Waals surface area contributed by atoms with Gasteiger partial charge in [0.25, 0.3) is 0 Å². The molecule has 0 saturated heterocycles. The van der Waals surface area contributed by atoms with Crippen molar-refractivity contribution in [3.8, 4) is 5.75 Å². The molecule has 6 heteroatoms. The van der Waals surface area contributed by atoms with Crippen molar-refractivity contribution in [2.45, 2.75) is 19.8 Å². The van der Waals surface area contributed by atoms with Crippen molar-refractivity contribution in [3.63, 3.8) is 0 Å². The SMILES string of the molecule is COc1ccc(CCNc2cc(NCCc3ccc(F)cc3)nc(C)n2)cc1. The number of aryl methyl sites for hydroxylation is 1. The first-order valence-corrected chi connectivity index (χ1v) is 9.33. The molecule has 28 heavy (non-hydrogen) atoms. The Morgan fingerprint density at radius 2 is 1.32 bits per heavy atom. The van der Waals surface area contributed by atoms with Crippen molar-refractivity contribution in [2.75, 3.05) is 30.8 Å². The van der Waals surface area contributed by atoms with Crippen LogP contribution in [0, 0.1) is 12.7 Å². The number of methoxy groups -OCH3 is 1. The molecule has 3 rings (SSSR count). The van der Waals surface area contributed by atoms with Crippen molar-refractivity contribution < 1.29 is 9.13 Å². The Bertz CT molecular complexity index is 882. The molecule has 0 fully saturated rings. The number of nitrogens with zero attached hydrogens (tertiary/aromatic N) is 2. The third kappa shape index (κ3) is 5.94. The molecular weight excluding hydrogens is 355 g/mol. The number of halogens is 1. The van der Waals surface area contributed by atoms with Gasteiger partial charge in [0.2, 0.25) is 0 Å². The van der Waals surface area contributed by atoms with E-state index in [1.807, 2.05) is 25.1 Å². The summed E-state index contributed by atoms with van der Waals surface area (Å²) in [7, 11) is 1.67. The van der Waals surface area contributed by atoms with Gasteiger partial charge < -0.3 is 15.4 Å². The van der Waals surface area contributed by atoms with Gasteiger partial charge in [0.05, 0.1) is 7.11 Å². The second-order valence-electron chi connectivity index (χ2n) is 6.51. The summed E-state index contributed by atoms with van der Waals surface area (Å²) >= 11 is 0. The number of ether oxygens (including phenoxy) is 1. The predicted molar refractivity (Wildman–Crippen MR) is 111 cm³/mol. The summed E-state index contributed by atoms with van der Waals surface area (Å²) in [5.41, 5.74) is 2.31. The quantitative estimate of drug-likeness (QED) is 0.581.